The fraction of sp³-hybridized carbons (Fsp3) is 0.929. The molecule has 19 heavy (non-hydrogen) atoms. The Morgan fingerprint density at radius 2 is 1.89 bits per heavy atom. The van der Waals surface area contributed by atoms with Gasteiger partial charge in [-0.2, -0.15) is 0 Å². The maximum absolute atomic E-state index is 12.4. The second-order valence-corrected chi connectivity index (χ2v) is 9.50. The molecule has 2 atom stereocenters. The molecule has 2 rings (SSSR count). The SMILES string of the molecule is CC(C)(C)NS(=O)(=O)C[C@]12CC[C@H](CC1=O)C2(C)C. The van der Waals surface area contributed by atoms with Gasteiger partial charge in [0.1, 0.15) is 5.78 Å². The summed E-state index contributed by atoms with van der Waals surface area (Å²) in [5, 5.41) is 0. The molecule has 0 amide bonds. The molecule has 2 aliphatic rings. The summed E-state index contributed by atoms with van der Waals surface area (Å²) >= 11 is 0. The molecule has 2 aliphatic carbocycles. The quantitative estimate of drug-likeness (QED) is 0.864. The molecule has 5 heteroatoms. The first-order chi connectivity index (χ1) is 8.40. The second kappa shape index (κ2) is 4.04. The number of ketones is 1. The lowest BCUT2D eigenvalue weighted by atomic mass is 9.70. The first-order valence-corrected chi connectivity index (χ1v) is 8.60. The van der Waals surface area contributed by atoms with E-state index in [-0.39, 0.29) is 17.0 Å². The Kier molecular flexibility index (Phi) is 3.19. The van der Waals surface area contributed by atoms with E-state index in [0.29, 0.717) is 18.8 Å². The van der Waals surface area contributed by atoms with Crippen LogP contribution in [-0.2, 0) is 14.8 Å². The van der Waals surface area contributed by atoms with E-state index in [0.717, 1.165) is 6.42 Å². The Labute approximate surface area is 116 Å². The van der Waals surface area contributed by atoms with Crippen LogP contribution in [0.3, 0.4) is 0 Å². The van der Waals surface area contributed by atoms with Gasteiger partial charge in [0, 0.05) is 17.4 Å². The number of carbonyl (C=O) groups is 1. The number of Topliss-reactive ketones (excluding diaryl/α,β-unsaturated/α-hetero) is 1. The maximum atomic E-state index is 12.4. The molecule has 2 fully saturated rings. The molecular weight excluding hydrogens is 262 g/mol. The summed E-state index contributed by atoms with van der Waals surface area (Å²) in [7, 11) is -3.44. The summed E-state index contributed by atoms with van der Waals surface area (Å²) in [6.45, 7) is 9.58. The molecule has 0 radical (unpaired) electrons. The van der Waals surface area contributed by atoms with Gasteiger partial charge in [-0.15, -0.1) is 0 Å². The van der Waals surface area contributed by atoms with Gasteiger partial charge in [0.2, 0.25) is 10.0 Å². The number of rotatable bonds is 3. The Balaban J connectivity index is 2.30. The Hall–Kier alpha value is -0.420. The predicted octanol–water partition coefficient (Wildman–Crippen LogP) is 2.10. The minimum absolute atomic E-state index is 0.0559. The molecule has 0 aromatic rings. The van der Waals surface area contributed by atoms with Gasteiger partial charge in [-0.1, -0.05) is 13.8 Å². The van der Waals surface area contributed by atoms with Gasteiger partial charge in [-0.3, -0.25) is 4.79 Å². The van der Waals surface area contributed by atoms with Crippen molar-refractivity contribution in [3.05, 3.63) is 0 Å². The van der Waals surface area contributed by atoms with Gasteiger partial charge in [0.05, 0.1) is 5.75 Å². The number of fused-ring (bicyclic) bond motifs is 2. The monoisotopic (exact) mass is 287 g/mol. The third kappa shape index (κ3) is 2.35. The van der Waals surface area contributed by atoms with E-state index < -0.39 is 21.0 Å². The zero-order valence-electron chi connectivity index (χ0n) is 12.5. The molecule has 0 aromatic carbocycles. The highest BCUT2D eigenvalue weighted by Crippen LogP contribution is 2.64. The van der Waals surface area contributed by atoms with Crippen molar-refractivity contribution in [2.24, 2.45) is 16.7 Å². The van der Waals surface area contributed by atoms with Crippen molar-refractivity contribution in [1.29, 1.82) is 0 Å². The minimum Gasteiger partial charge on any atom is -0.299 e. The smallest absolute Gasteiger partial charge is 0.213 e. The van der Waals surface area contributed by atoms with Gasteiger partial charge in [0.25, 0.3) is 0 Å². The van der Waals surface area contributed by atoms with Crippen LogP contribution in [0.2, 0.25) is 0 Å². The predicted molar refractivity (Wildman–Crippen MR) is 75.2 cm³/mol. The van der Waals surface area contributed by atoms with Crippen LogP contribution < -0.4 is 4.72 Å². The van der Waals surface area contributed by atoms with E-state index in [9.17, 15) is 13.2 Å². The Morgan fingerprint density at radius 1 is 1.32 bits per heavy atom. The van der Waals surface area contributed by atoms with Gasteiger partial charge in [-0.25, -0.2) is 13.1 Å². The maximum Gasteiger partial charge on any atom is 0.213 e. The molecule has 110 valence electrons. The summed E-state index contributed by atoms with van der Waals surface area (Å²) in [6, 6.07) is 0. The number of nitrogens with one attached hydrogen (secondary N) is 1. The van der Waals surface area contributed by atoms with E-state index in [1.165, 1.54) is 0 Å². The highest BCUT2D eigenvalue weighted by Gasteiger charge is 2.65. The first-order valence-electron chi connectivity index (χ1n) is 6.95. The van der Waals surface area contributed by atoms with Gasteiger partial charge < -0.3 is 0 Å². The van der Waals surface area contributed by atoms with E-state index in [2.05, 4.69) is 18.6 Å². The fourth-order valence-electron chi connectivity index (χ4n) is 3.94. The van der Waals surface area contributed by atoms with Crippen molar-refractivity contribution in [3.63, 3.8) is 0 Å². The number of hydrogen-bond acceptors (Lipinski definition) is 3. The van der Waals surface area contributed by atoms with Crippen molar-refractivity contribution >= 4 is 15.8 Å². The summed E-state index contributed by atoms with van der Waals surface area (Å²) in [6.07, 6.45) is 2.25. The molecule has 0 heterocycles. The fourth-order valence-corrected chi connectivity index (χ4v) is 6.27. The van der Waals surface area contributed by atoms with E-state index >= 15 is 0 Å². The van der Waals surface area contributed by atoms with Crippen LogP contribution in [0.4, 0.5) is 0 Å². The lowest BCUT2D eigenvalue weighted by Crippen LogP contribution is -2.49. The molecule has 0 aromatic heterocycles. The molecule has 4 nitrogen and oxygen atoms in total. The van der Waals surface area contributed by atoms with Crippen molar-refractivity contribution < 1.29 is 13.2 Å². The van der Waals surface area contributed by atoms with Crippen LogP contribution in [-0.4, -0.2) is 25.5 Å². The molecule has 1 N–H and O–H groups in total. The molecule has 0 unspecified atom stereocenters. The van der Waals surface area contributed by atoms with Crippen molar-refractivity contribution in [2.45, 2.75) is 59.4 Å². The average Bonchev–Trinajstić information content (AvgIpc) is 2.46. The summed E-state index contributed by atoms with van der Waals surface area (Å²) in [5.74, 6) is 0.442. The van der Waals surface area contributed by atoms with Crippen LogP contribution in [0.1, 0.15) is 53.9 Å². The molecule has 2 saturated carbocycles. The lowest BCUT2D eigenvalue weighted by Gasteiger charge is -2.37. The molecule has 2 bridgehead atoms. The normalized spacial score (nSPS) is 33.9. The number of sulfonamides is 1. The summed E-state index contributed by atoms with van der Waals surface area (Å²) in [5.41, 5.74) is -1.37. The summed E-state index contributed by atoms with van der Waals surface area (Å²) < 4.78 is 27.4. The molecule has 0 saturated heterocycles. The van der Waals surface area contributed by atoms with E-state index in [4.69, 9.17) is 0 Å². The lowest BCUT2D eigenvalue weighted by molar-refractivity contribution is -0.128. The van der Waals surface area contributed by atoms with Gasteiger partial charge >= 0.3 is 0 Å². The van der Waals surface area contributed by atoms with Crippen LogP contribution in [0.5, 0.6) is 0 Å². The zero-order chi connectivity index (χ0) is 14.7. The van der Waals surface area contributed by atoms with Gasteiger partial charge in [0.15, 0.2) is 0 Å². The highest BCUT2D eigenvalue weighted by atomic mass is 32.2. The number of hydrogen-bond donors (Lipinski definition) is 1. The summed E-state index contributed by atoms with van der Waals surface area (Å²) in [4.78, 5) is 12.3. The highest BCUT2D eigenvalue weighted by molar-refractivity contribution is 7.89. The minimum atomic E-state index is -3.44. The van der Waals surface area contributed by atoms with Crippen molar-refractivity contribution in [1.82, 2.24) is 4.72 Å². The molecule has 0 aliphatic heterocycles. The van der Waals surface area contributed by atoms with Crippen LogP contribution >= 0.6 is 0 Å². The van der Waals surface area contributed by atoms with E-state index in [1.54, 1.807) is 0 Å². The number of carbonyl (C=O) groups excluding carboxylic acids is 1. The van der Waals surface area contributed by atoms with Crippen molar-refractivity contribution in [3.8, 4) is 0 Å². The van der Waals surface area contributed by atoms with E-state index in [1.807, 2.05) is 20.8 Å². The van der Waals surface area contributed by atoms with Crippen LogP contribution in [0.25, 0.3) is 0 Å². The molecular formula is C14H25NO3S. The largest absolute Gasteiger partial charge is 0.299 e. The van der Waals surface area contributed by atoms with Crippen LogP contribution in [0.15, 0.2) is 0 Å². The third-order valence-electron chi connectivity index (χ3n) is 5.04. The average molecular weight is 287 g/mol. The second-order valence-electron chi connectivity index (χ2n) is 7.78. The standard InChI is InChI=1S/C14H25NO3S/c1-12(2,3)15-19(17,18)9-14-7-6-10(8-11(14)16)13(14,4)5/h10,15H,6-9H2,1-5H3/t10-,14-/m1/s1. The third-order valence-corrected chi connectivity index (χ3v) is 6.83. The van der Waals surface area contributed by atoms with Gasteiger partial charge in [-0.05, 0) is 44.9 Å². The topological polar surface area (TPSA) is 63.2 Å². The molecule has 0 spiro atoms. The zero-order valence-corrected chi connectivity index (χ0v) is 13.4. The Morgan fingerprint density at radius 3 is 2.26 bits per heavy atom. The first kappa shape index (κ1) is 15.0. The Bertz CT molecular complexity index is 501. The van der Waals surface area contributed by atoms with Crippen molar-refractivity contribution in [2.75, 3.05) is 5.75 Å². The van der Waals surface area contributed by atoms with Crippen LogP contribution in [0, 0.1) is 16.7 Å².